The van der Waals surface area contributed by atoms with Crippen LogP contribution in [0.5, 0.6) is 0 Å². The number of rotatable bonds is 10. The van der Waals surface area contributed by atoms with E-state index in [4.69, 9.17) is 10.2 Å². The molecule has 2 unspecified atom stereocenters. The molecule has 4 nitrogen and oxygen atoms in total. The van der Waals surface area contributed by atoms with Crippen molar-refractivity contribution in [2.45, 2.75) is 62.9 Å². The summed E-state index contributed by atoms with van der Waals surface area (Å²) in [4.78, 5) is 0. The zero-order valence-corrected chi connectivity index (χ0v) is 11.7. The Bertz CT molecular complexity index is 252. The quantitative estimate of drug-likeness (QED) is 0.628. The first-order valence-corrected chi connectivity index (χ1v) is 8.09. The van der Waals surface area contributed by atoms with Crippen molar-refractivity contribution in [3.05, 3.63) is 0 Å². The van der Waals surface area contributed by atoms with E-state index < -0.39 is 9.84 Å². The molecule has 0 aromatic heterocycles. The zero-order chi connectivity index (χ0) is 13.3. The lowest BCUT2D eigenvalue weighted by molar-refractivity contribution is 0.281. The van der Waals surface area contributed by atoms with E-state index >= 15 is 0 Å². The van der Waals surface area contributed by atoms with Crippen LogP contribution in [0, 0.1) is 0 Å². The molecular weight excluding hydrogens is 240 g/mol. The highest BCUT2D eigenvalue weighted by Crippen LogP contribution is 2.22. The first kappa shape index (κ1) is 16.9. The summed E-state index contributed by atoms with van der Waals surface area (Å²) in [6, 6.07) is 0. The summed E-state index contributed by atoms with van der Waals surface area (Å²) in [6.07, 6.45) is 3.33. The lowest BCUT2D eigenvalue weighted by Gasteiger charge is -2.22. The lowest BCUT2D eigenvalue weighted by atomic mass is 10.2. The molecule has 2 atom stereocenters. The van der Waals surface area contributed by atoms with Gasteiger partial charge in [-0.05, 0) is 38.5 Å². The van der Waals surface area contributed by atoms with Crippen molar-refractivity contribution >= 4 is 9.84 Å². The maximum absolute atomic E-state index is 12.3. The standard InChI is InChI=1S/C12H26O4S/c1-3-11(7-5-9-13)17(15,16)12(4-2)8-6-10-14/h11-14H,3-10H2,1-2H3. The second-order valence-corrected chi connectivity index (χ2v) is 6.89. The van der Waals surface area contributed by atoms with Crippen LogP contribution in [-0.4, -0.2) is 42.3 Å². The van der Waals surface area contributed by atoms with Gasteiger partial charge in [-0.2, -0.15) is 0 Å². The Morgan fingerprint density at radius 1 is 0.882 bits per heavy atom. The van der Waals surface area contributed by atoms with Crippen LogP contribution in [-0.2, 0) is 9.84 Å². The molecule has 0 amide bonds. The Kier molecular flexibility index (Phi) is 8.82. The van der Waals surface area contributed by atoms with Crippen molar-refractivity contribution in [2.75, 3.05) is 13.2 Å². The molecule has 2 N–H and O–H groups in total. The summed E-state index contributed by atoms with van der Waals surface area (Å²) < 4.78 is 24.7. The number of hydrogen-bond donors (Lipinski definition) is 2. The molecule has 0 spiro atoms. The average Bonchev–Trinajstić information content (AvgIpc) is 2.30. The minimum absolute atomic E-state index is 0.0411. The minimum Gasteiger partial charge on any atom is -0.396 e. The number of aliphatic hydroxyl groups excluding tert-OH is 2. The van der Waals surface area contributed by atoms with E-state index in [2.05, 4.69) is 0 Å². The molecule has 0 aromatic rings. The topological polar surface area (TPSA) is 74.6 Å². The molecule has 0 saturated carbocycles. The minimum atomic E-state index is -3.13. The van der Waals surface area contributed by atoms with Crippen LogP contribution in [0.2, 0.25) is 0 Å². The van der Waals surface area contributed by atoms with Crippen molar-refractivity contribution in [1.29, 1.82) is 0 Å². The van der Waals surface area contributed by atoms with Gasteiger partial charge in [-0.3, -0.25) is 0 Å². The summed E-state index contributed by atoms with van der Waals surface area (Å²) in [6.45, 7) is 3.83. The molecule has 0 aliphatic heterocycles. The Balaban J connectivity index is 4.66. The molecule has 0 heterocycles. The van der Waals surface area contributed by atoms with E-state index in [1.807, 2.05) is 13.8 Å². The molecule has 104 valence electrons. The summed E-state index contributed by atoms with van der Waals surface area (Å²) in [5.74, 6) is 0. The predicted molar refractivity (Wildman–Crippen MR) is 69.7 cm³/mol. The van der Waals surface area contributed by atoms with Crippen LogP contribution in [0.3, 0.4) is 0 Å². The van der Waals surface area contributed by atoms with Gasteiger partial charge >= 0.3 is 0 Å². The molecule has 0 saturated heterocycles. The van der Waals surface area contributed by atoms with Crippen LogP contribution >= 0.6 is 0 Å². The first-order chi connectivity index (χ1) is 8.04. The number of sulfone groups is 1. The number of hydrogen-bond acceptors (Lipinski definition) is 4. The van der Waals surface area contributed by atoms with Gasteiger partial charge in [0.15, 0.2) is 9.84 Å². The summed E-state index contributed by atoms with van der Waals surface area (Å²) in [5, 5.41) is 16.9. The molecule has 0 radical (unpaired) electrons. The maximum Gasteiger partial charge on any atom is 0.155 e. The summed E-state index contributed by atoms with van der Waals surface area (Å²) >= 11 is 0. The normalized spacial score (nSPS) is 15.8. The van der Waals surface area contributed by atoms with E-state index in [0.717, 1.165) is 0 Å². The van der Waals surface area contributed by atoms with Crippen LogP contribution in [0.15, 0.2) is 0 Å². The Hall–Kier alpha value is -0.130. The molecule has 0 aliphatic rings. The Morgan fingerprint density at radius 2 is 1.24 bits per heavy atom. The van der Waals surface area contributed by atoms with Crippen molar-refractivity contribution in [1.82, 2.24) is 0 Å². The van der Waals surface area contributed by atoms with Gasteiger partial charge in [0.25, 0.3) is 0 Å². The first-order valence-electron chi connectivity index (χ1n) is 6.48. The monoisotopic (exact) mass is 266 g/mol. The second kappa shape index (κ2) is 8.89. The SMILES string of the molecule is CCC(CCCO)S(=O)(=O)C(CC)CCCO. The highest BCUT2D eigenvalue weighted by molar-refractivity contribution is 7.92. The molecular formula is C12H26O4S. The summed E-state index contributed by atoms with van der Waals surface area (Å²) in [7, 11) is -3.13. The maximum atomic E-state index is 12.3. The fourth-order valence-corrected chi connectivity index (χ4v) is 4.58. The van der Waals surface area contributed by atoms with Gasteiger partial charge in [0.1, 0.15) is 0 Å². The van der Waals surface area contributed by atoms with E-state index in [-0.39, 0.29) is 23.7 Å². The van der Waals surface area contributed by atoms with Gasteiger partial charge in [0.2, 0.25) is 0 Å². The average molecular weight is 266 g/mol. The van der Waals surface area contributed by atoms with Gasteiger partial charge in [-0.1, -0.05) is 13.8 Å². The van der Waals surface area contributed by atoms with Crippen molar-refractivity contribution in [3.63, 3.8) is 0 Å². The zero-order valence-electron chi connectivity index (χ0n) is 10.9. The van der Waals surface area contributed by atoms with Crippen LogP contribution in [0.25, 0.3) is 0 Å². The van der Waals surface area contributed by atoms with Crippen LogP contribution in [0.4, 0.5) is 0 Å². The molecule has 0 fully saturated rings. The molecule has 17 heavy (non-hydrogen) atoms. The molecule has 0 aliphatic carbocycles. The van der Waals surface area contributed by atoms with Crippen molar-refractivity contribution in [2.24, 2.45) is 0 Å². The lowest BCUT2D eigenvalue weighted by Crippen LogP contribution is -2.32. The second-order valence-electron chi connectivity index (χ2n) is 4.38. The highest BCUT2D eigenvalue weighted by atomic mass is 32.2. The largest absolute Gasteiger partial charge is 0.396 e. The molecule has 0 bridgehead atoms. The van der Waals surface area contributed by atoms with E-state index in [9.17, 15) is 8.42 Å². The van der Waals surface area contributed by atoms with Gasteiger partial charge in [0.05, 0.1) is 10.5 Å². The van der Waals surface area contributed by atoms with Crippen LogP contribution in [0.1, 0.15) is 52.4 Å². The van der Waals surface area contributed by atoms with E-state index in [1.54, 1.807) is 0 Å². The Labute approximate surface area is 105 Å². The van der Waals surface area contributed by atoms with Crippen molar-refractivity contribution in [3.8, 4) is 0 Å². The summed E-state index contributed by atoms with van der Waals surface area (Å²) in [5.41, 5.74) is 0. The van der Waals surface area contributed by atoms with Crippen molar-refractivity contribution < 1.29 is 18.6 Å². The third kappa shape index (κ3) is 5.36. The predicted octanol–water partition coefficient (Wildman–Crippen LogP) is 1.50. The van der Waals surface area contributed by atoms with E-state index in [0.29, 0.717) is 38.5 Å². The Morgan fingerprint density at radius 3 is 1.47 bits per heavy atom. The third-order valence-electron chi connectivity index (χ3n) is 3.21. The fourth-order valence-electron chi connectivity index (χ4n) is 2.11. The van der Waals surface area contributed by atoms with Gasteiger partial charge in [-0.15, -0.1) is 0 Å². The third-order valence-corrected chi connectivity index (χ3v) is 6.20. The van der Waals surface area contributed by atoms with Gasteiger partial charge in [-0.25, -0.2) is 8.42 Å². The smallest absolute Gasteiger partial charge is 0.155 e. The van der Waals surface area contributed by atoms with Gasteiger partial charge < -0.3 is 10.2 Å². The van der Waals surface area contributed by atoms with Gasteiger partial charge in [0, 0.05) is 13.2 Å². The molecule has 5 heteroatoms. The molecule has 0 aromatic carbocycles. The van der Waals surface area contributed by atoms with E-state index in [1.165, 1.54) is 0 Å². The highest BCUT2D eigenvalue weighted by Gasteiger charge is 2.30. The van der Waals surface area contributed by atoms with Crippen LogP contribution < -0.4 is 0 Å². The number of aliphatic hydroxyl groups is 2. The fraction of sp³-hybridized carbons (Fsp3) is 1.00. The molecule has 0 rings (SSSR count).